The second-order valence-electron chi connectivity index (χ2n) is 5.18. The van der Waals surface area contributed by atoms with E-state index in [4.69, 9.17) is 4.42 Å². The summed E-state index contributed by atoms with van der Waals surface area (Å²) in [5.74, 6) is 0.704. The van der Waals surface area contributed by atoms with Crippen LogP contribution in [-0.4, -0.2) is 32.6 Å². The van der Waals surface area contributed by atoms with Gasteiger partial charge in [-0.15, -0.1) is 0 Å². The molecule has 0 aliphatic carbocycles. The summed E-state index contributed by atoms with van der Waals surface area (Å²) < 4.78 is 6.68. The van der Waals surface area contributed by atoms with Crippen LogP contribution in [0.5, 0.6) is 0 Å². The third kappa shape index (κ3) is 3.16. The van der Waals surface area contributed by atoms with Crippen LogP contribution in [0.3, 0.4) is 0 Å². The zero-order valence-corrected chi connectivity index (χ0v) is 12.3. The predicted octanol–water partition coefficient (Wildman–Crippen LogP) is 2.10. The van der Waals surface area contributed by atoms with Gasteiger partial charge in [-0.3, -0.25) is 0 Å². The molecule has 1 atom stereocenters. The summed E-state index contributed by atoms with van der Waals surface area (Å²) in [6.45, 7) is 0.288. The topological polar surface area (TPSA) is 106 Å². The number of imidazole rings is 1. The zero-order valence-electron chi connectivity index (χ0n) is 12.3. The molecule has 0 bridgehead atoms. The minimum atomic E-state index is -0.469. The normalized spacial score (nSPS) is 12.4. The largest absolute Gasteiger partial charge is 0.469 e. The van der Waals surface area contributed by atoms with E-state index < -0.39 is 4.92 Å². The van der Waals surface area contributed by atoms with Gasteiger partial charge in [-0.2, -0.15) is 9.38 Å². The number of aliphatic hydroxyl groups is 1. The average Bonchev–Trinajstić information content (AvgIpc) is 3.18. The van der Waals surface area contributed by atoms with Crippen molar-refractivity contribution in [2.75, 3.05) is 18.5 Å². The maximum absolute atomic E-state index is 11.3. The van der Waals surface area contributed by atoms with Crippen LogP contribution in [0.1, 0.15) is 5.76 Å². The molecule has 8 heteroatoms. The first kappa shape index (κ1) is 15.0. The third-order valence-electron chi connectivity index (χ3n) is 3.56. The molecule has 0 saturated carbocycles. The zero-order chi connectivity index (χ0) is 16.2. The van der Waals surface area contributed by atoms with E-state index in [2.05, 4.69) is 10.3 Å². The molecule has 0 amide bonds. The van der Waals surface area contributed by atoms with Crippen molar-refractivity contribution >= 4 is 17.3 Å². The number of aliphatic hydroxyl groups excluding tert-OH is 1. The lowest BCUT2D eigenvalue weighted by Crippen LogP contribution is -2.20. The van der Waals surface area contributed by atoms with E-state index >= 15 is 0 Å². The quantitative estimate of drug-likeness (QED) is 0.511. The highest BCUT2D eigenvalue weighted by Gasteiger charge is 2.23. The number of hydrogen-bond donors (Lipinski definition) is 2. The number of nitrogens with one attached hydrogen (secondary N) is 1. The summed E-state index contributed by atoms with van der Waals surface area (Å²) in [4.78, 5) is 15.1. The van der Waals surface area contributed by atoms with E-state index in [9.17, 15) is 15.2 Å². The van der Waals surface area contributed by atoms with Crippen molar-refractivity contribution in [2.45, 2.75) is 6.42 Å². The average molecular weight is 316 g/mol. The Kier molecular flexibility index (Phi) is 4.24. The van der Waals surface area contributed by atoms with Crippen molar-refractivity contribution in [2.24, 2.45) is 5.92 Å². The van der Waals surface area contributed by atoms with Crippen molar-refractivity contribution in [1.82, 2.24) is 9.38 Å². The van der Waals surface area contributed by atoms with Gasteiger partial charge in [-0.25, -0.2) is 0 Å². The number of pyridine rings is 1. The molecule has 0 fully saturated rings. The van der Waals surface area contributed by atoms with Crippen LogP contribution in [0, 0.1) is 16.0 Å². The number of furan rings is 1. The van der Waals surface area contributed by atoms with E-state index in [0.717, 1.165) is 5.76 Å². The summed E-state index contributed by atoms with van der Waals surface area (Å²) in [7, 11) is 0. The molecule has 0 aromatic carbocycles. The summed E-state index contributed by atoms with van der Waals surface area (Å²) in [5.41, 5.74) is 0.494. The molecule has 0 saturated heterocycles. The Labute approximate surface area is 131 Å². The Hall–Kier alpha value is -2.87. The molecule has 3 aromatic heterocycles. The predicted molar refractivity (Wildman–Crippen MR) is 83.3 cm³/mol. The summed E-state index contributed by atoms with van der Waals surface area (Å²) >= 11 is 0. The van der Waals surface area contributed by atoms with Gasteiger partial charge in [0, 0.05) is 31.6 Å². The lowest BCUT2D eigenvalue weighted by molar-refractivity contribution is -0.389. The molecule has 3 heterocycles. The minimum Gasteiger partial charge on any atom is -0.469 e. The number of rotatable bonds is 7. The van der Waals surface area contributed by atoms with Crippen LogP contribution < -0.4 is 5.32 Å². The first-order valence-electron chi connectivity index (χ1n) is 7.17. The summed E-state index contributed by atoms with van der Waals surface area (Å²) in [5, 5.41) is 23.8. The lowest BCUT2D eigenvalue weighted by atomic mass is 10.1. The highest BCUT2D eigenvalue weighted by molar-refractivity contribution is 5.62. The first-order chi connectivity index (χ1) is 11.2. The maximum atomic E-state index is 11.3. The van der Waals surface area contributed by atoms with Gasteiger partial charge in [0.1, 0.15) is 5.76 Å². The maximum Gasteiger partial charge on any atom is 0.372 e. The van der Waals surface area contributed by atoms with Gasteiger partial charge in [-0.05, 0) is 23.1 Å². The first-order valence-corrected chi connectivity index (χ1v) is 7.17. The second-order valence-corrected chi connectivity index (χ2v) is 5.18. The summed E-state index contributed by atoms with van der Waals surface area (Å²) in [6.07, 6.45) is 3.71. The van der Waals surface area contributed by atoms with Crippen LogP contribution in [0.2, 0.25) is 0 Å². The molecule has 0 aliphatic rings. The van der Waals surface area contributed by atoms with Gasteiger partial charge in [0.15, 0.2) is 0 Å². The fourth-order valence-electron chi connectivity index (χ4n) is 2.43. The standard InChI is InChI=1S/C15H16N4O4/c20-10-11(8-12-4-3-7-23-12)9-16-14-15(19(21)22)18-6-2-1-5-13(18)17-14/h1-7,11,16,20H,8-10H2/t11-/m0/s1. The molecular formula is C15H16N4O4. The Bertz CT molecular complexity index is 797. The minimum absolute atomic E-state index is 0.0606. The molecule has 0 unspecified atom stereocenters. The van der Waals surface area contributed by atoms with Crippen molar-refractivity contribution in [3.8, 4) is 0 Å². The van der Waals surface area contributed by atoms with Gasteiger partial charge >= 0.3 is 5.82 Å². The molecule has 3 aromatic rings. The second kappa shape index (κ2) is 6.49. The van der Waals surface area contributed by atoms with E-state index in [1.54, 1.807) is 36.7 Å². The monoisotopic (exact) mass is 316 g/mol. The van der Waals surface area contributed by atoms with Crippen LogP contribution in [0.4, 0.5) is 11.6 Å². The molecule has 0 spiro atoms. The lowest BCUT2D eigenvalue weighted by Gasteiger charge is -2.13. The number of nitro groups is 1. The van der Waals surface area contributed by atoms with Gasteiger partial charge in [0.25, 0.3) is 0 Å². The van der Waals surface area contributed by atoms with Crippen molar-refractivity contribution in [3.05, 3.63) is 58.7 Å². The Morgan fingerprint density at radius 2 is 2.26 bits per heavy atom. The third-order valence-corrected chi connectivity index (χ3v) is 3.56. The van der Waals surface area contributed by atoms with E-state index in [-0.39, 0.29) is 24.2 Å². The molecule has 23 heavy (non-hydrogen) atoms. The Balaban J connectivity index is 1.78. The van der Waals surface area contributed by atoms with Gasteiger partial charge in [0.2, 0.25) is 11.5 Å². The van der Waals surface area contributed by atoms with E-state index in [1.807, 2.05) is 6.07 Å². The molecular weight excluding hydrogens is 300 g/mol. The molecule has 8 nitrogen and oxygen atoms in total. The molecule has 3 rings (SSSR count). The molecule has 120 valence electrons. The van der Waals surface area contributed by atoms with Gasteiger partial charge in [0.05, 0.1) is 12.5 Å². The number of aromatic nitrogens is 2. The van der Waals surface area contributed by atoms with Crippen molar-refractivity contribution < 1.29 is 14.4 Å². The smallest absolute Gasteiger partial charge is 0.372 e. The fourth-order valence-corrected chi connectivity index (χ4v) is 2.43. The number of nitrogens with zero attached hydrogens (tertiary/aromatic N) is 3. The number of anilines is 1. The number of hydrogen-bond acceptors (Lipinski definition) is 6. The van der Waals surface area contributed by atoms with Crippen molar-refractivity contribution in [3.63, 3.8) is 0 Å². The number of fused-ring (bicyclic) bond motifs is 1. The SMILES string of the molecule is O=[N+]([O-])c1c(NC[C@@H](CO)Cc2ccco2)nc2ccccn12. The highest BCUT2D eigenvalue weighted by atomic mass is 16.6. The van der Waals surface area contributed by atoms with Crippen LogP contribution >= 0.6 is 0 Å². The Morgan fingerprint density at radius 3 is 2.96 bits per heavy atom. The molecule has 2 N–H and O–H groups in total. The van der Waals surface area contributed by atoms with Crippen LogP contribution in [-0.2, 0) is 6.42 Å². The van der Waals surface area contributed by atoms with E-state index in [1.165, 1.54) is 4.40 Å². The fraction of sp³-hybridized carbons (Fsp3) is 0.267. The van der Waals surface area contributed by atoms with Crippen molar-refractivity contribution in [1.29, 1.82) is 0 Å². The molecule has 0 aliphatic heterocycles. The summed E-state index contributed by atoms with van der Waals surface area (Å²) in [6, 6.07) is 8.78. The van der Waals surface area contributed by atoms with Crippen LogP contribution in [0.15, 0.2) is 47.2 Å². The van der Waals surface area contributed by atoms with Crippen LogP contribution in [0.25, 0.3) is 5.65 Å². The van der Waals surface area contributed by atoms with E-state index in [0.29, 0.717) is 18.6 Å². The molecule has 0 radical (unpaired) electrons. The van der Waals surface area contributed by atoms with Gasteiger partial charge < -0.3 is 25.0 Å². The Morgan fingerprint density at radius 1 is 1.39 bits per heavy atom. The van der Waals surface area contributed by atoms with Gasteiger partial charge in [-0.1, -0.05) is 6.07 Å². The highest BCUT2D eigenvalue weighted by Crippen LogP contribution is 2.25.